The maximum Gasteiger partial charge on any atom is 0.322 e. The number of methoxy groups -OCH3 is 1. The van der Waals surface area contributed by atoms with Gasteiger partial charge in [-0.15, -0.1) is 0 Å². The molecule has 0 spiro atoms. The molecular weight excluding hydrogens is 220 g/mol. The monoisotopic (exact) mass is 238 g/mol. The van der Waals surface area contributed by atoms with Crippen molar-refractivity contribution in [3.8, 4) is 0 Å². The number of carbonyl (C=O) groups is 1. The molecule has 0 saturated heterocycles. The van der Waals surface area contributed by atoms with Crippen molar-refractivity contribution in [2.75, 3.05) is 19.4 Å². The summed E-state index contributed by atoms with van der Waals surface area (Å²) in [6, 6.07) is -0.881. The van der Waals surface area contributed by atoms with Crippen LogP contribution in [0.3, 0.4) is 0 Å². The Bertz CT molecular complexity index is 289. The number of ether oxygens (including phenoxy) is 1. The quantitative estimate of drug-likeness (QED) is 0.566. The molecule has 0 aliphatic carbocycles. The Balaban J connectivity index is 3.98. The van der Waals surface area contributed by atoms with Gasteiger partial charge in [-0.1, -0.05) is 6.92 Å². The van der Waals surface area contributed by atoms with Gasteiger partial charge in [0.15, 0.2) is 0 Å². The Hall–Kier alpha value is -0.660. The molecule has 0 amide bonds. The van der Waals surface area contributed by atoms with Crippen LogP contribution in [0.25, 0.3) is 0 Å². The van der Waals surface area contributed by atoms with E-state index in [1.807, 2.05) is 6.92 Å². The number of hydrogen-bond acceptors (Lipinski definition) is 5. The molecule has 3 N–H and O–H groups in total. The molecular formula is C8H18N2O4S. The summed E-state index contributed by atoms with van der Waals surface area (Å²) >= 11 is 0. The molecule has 0 bridgehead atoms. The second-order valence-corrected chi connectivity index (χ2v) is 5.06. The molecule has 0 aliphatic rings. The first-order valence-corrected chi connectivity index (χ1v) is 6.39. The first kappa shape index (κ1) is 14.3. The zero-order chi connectivity index (χ0) is 11.9. The van der Waals surface area contributed by atoms with Gasteiger partial charge in [0.25, 0.3) is 0 Å². The molecule has 0 aliphatic heterocycles. The highest BCUT2D eigenvalue weighted by atomic mass is 32.2. The normalized spacial score (nSPS) is 13.5. The van der Waals surface area contributed by atoms with Gasteiger partial charge < -0.3 is 10.5 Å². The average molecular weight is 238 g/mol. The Labute approximate surface area is 90.2 Å². The standard InChI is InChI=1S/C8H18N2O4S/c1-3-5-10-15(12,13)6-4-7(9)8(11)14-2/h7,10H,3-6,9H2,1-2H3. The Morgan fingerprint density at radius 2 is 2.13 bits per heavy atom. The van der Waals surface area contributed by atoms with Gasteiger partial charge in [0.1, 0.15) is 6.04 Å². The Morgan fingerprint density at radius 1 is 1.53 bits per heavy atom. The van der Waals surface area contributed by atoms with Crippen LogP contribution in [0, 0.1) is 0 Å². The number of rotatable bonds is 7. The van der Waals surface area contributed by atoms with Crippen LogP contribution >= 0.6 is 0 Å². The van der Waals surface area contributed by atoms with Crippen molar-refractivity contribution >= 4 is 16.0 Å². The topological polar surface area (TPSA) is 98.5 Å². The summed E-state index contributed by atoms with van der Waals surface area (Å²) in [5.74, 6) is -0.760. The number of nitrogens with one attached hydrogen (secondary N) is 1. The van der Waals surface area contributed by atoms with Crippen LogP contribution in [-0.4, -0.2) is 39.8 Å². The van der Waals surface area contributed by atoms with E-state index in [1.165, 1.54) is 7.11 Å². The van der Waals surface area contributed by atoms with E-state index < -0.39 is 22.0 Å². The van der Waals surface area contributed by atoms with Gasteiger partial charge >= 0.3 is 5.97 Å². The molecule has 0 aromatic heterocycles. The molecule has 1 atom stereocenters. The van der Waals surface area contributed by atoms with Gasteiger partial charge in [-0.05, 0) is 12.8 Å². The number of carbonyl (C=O) groups excluding carboxylic acids is 1. The number of sulfonamides is 1. The van der Waals surface area contributed by atoms with Crippen LogP contribution in [-0.2, 0) is 19.6 Å². The largest absolute Gasteiger partial charge is 0.468 e. The van der Waals surface area contributed by atoms with Crippen molar-refractivity contribution in [1.29, 1.82) is 0 Å². The van der Waals surface area contributed by atoms with Gasteiger partial charge in [0, 0.05) is 6.54 Å². The molecule has 0 fully saturated rings. The van der Waals surface area contributed by atoms with Crippen LogP contribution in [0.15, 0.2) is 0 Å². The summed E-state index contributed by atoms with van der Waals surface area (Å²) in [5.41, 5.74) is 5.40. The molecule has 0 rings (SSSR count). The fourth-order valence-electron chi connectivity index (χ4n) is 0.881. The molecule has 6 nitrogen and oxygen atoms in total. The summed E-state index contributed by atoms with van der Waals surface area (Å²) in [7, 11) is -2.10. The third kappa shape index (κ3) is 6.43. The predicted octanol–water partition coefficient (Wildman–Crippen LogP) is -0.794. The number of nitrogens with two attached hydrogens (primary N) is 1. The van der Waals surface area contributed by atoms with Crippen molar-refractivity contribution in [3.05, 3.63) is 0 Å². The van der Waals surface area contributed by atoms with E-state index in [0.717, 1.165) is 6.42 Å². The summed E-state index contributed by atoms with van der Waals surface area (Å²) < 4.78 is 29.3. The fourth-order valence-corrected chi connectivity index (χ4v) is 2.10. The van der Waals surface area contributed by atoms with Crippen molar-refractivity contribution < 1.29 is 17.9 Å². The molecule has 0 saturated carbocycles. The van der Waals surface area contributed by atoms with E-state index >= 15 is 0 Å². The summed E-state index contributed by atoms with van der Waals surface area (Å²) in [5, 5.41) is 0. The van der Waals surface area contributed by atoms with Crippen LogP contribution in [0.2, 0.25) is 0 Å². The van der Waals surface area contributed by atoms with Gasteiger partial charge in [-0.3, -0.25) is 4.79 Å². The first-order chi connectivity index (χ1) is 6.93. The first-order valence-electron chi connectivity index (χ1n) is 4.73. The maximum absolute atomic E-state index is 11.3. The van der Waals surface area contributed by atoms with E-state index in [2.05, 4.69) is 9.46 Å². The lowest BCUT2D eigenvalue weighted by Gasteiger charge is -2.09. The van der Waals surface area contributed by atoms with E-state index in [-0.39, 0.29) is 12.2 Å². The lowest BCUT2D eigenvalue weighted by Crippen LogP contribution is -2.36. The van der Waals surface area contributed by atoms with Crippen LogP contribution in [0.1, 0.15) is 19.8 Å². The fraction of sp³-hybridized carbons (Fsp3) is 0.875. The molecule has 1 unspecified atom stereocenters. The van der Waals surface area contributed by atoms with Crippen molar-refractivity contribution in [2.24, 2.45) is 5.73 Å². The van der Waals surface area contributed by atoms with Crippen molar-refractivity contribution in [1.82, 2.24) is 4.72 Å². The Morgan fingerprint density at radius 3 is 2.60 bits per heavy atom. The summed E-state index contributed by atoms with van der Waals surface area (Å²) in [4.78, 5) is 10.9. The predicted molar refractivity (Wildman–Crippen MR) is 56.7 cm³/mol. The molecule has 0 aromatic carbocycles. The van der Waals surface area contributed by atoms with Crippen molar-refractivity contribution in [3.63, 3.8) is 0 Å². The van der Waals surface area contributed by atoms with Gasteiger partial charge in [0.05, 0.1) is 12.9 Å². The molecule has 0 heterocycles. The van der Waals surface area contributed by atoms with Crippen molar-refractivity contribution in [2.45, 2.75) is 25.8 Å². The van der Waals surface area contributed by atoms with Gasteiger partial charge in [-0.25, -0.2) is 13.1 Å². The molecule has 90 valence electrons. The molecule has 0 aromatic rings. The smallest absolute Gasteiger partial charge is 0.322 e. The minimum Gasteiger partial charge on any atom is -0.468 e. The highest BCUT2D eigenvalue weighted by Gasteiger charge is 2.17. The summed E-state index contributed by atoms with van der Waals surface area (Å²) in [6.07, 6.45) is 0.786. The Kier molecular flexibility index (Phi) is 6.46. The molecule has 7 heteroatoms. The number of hydrogen-bond donors (Lipinski definition) is 2. The van der Waals surface area contributed by atoms with E-state index in [4.69, 9.17) is 5.73 Å². The lowest BCUT2D eigenvalue weighted by atomic mass is 10.2. The zero-order valence-electron chi connectivity index (χ0n) is 9.02. The lowest BCUT2D eigenvalue weighted by molar-refractivity contribution is -0.142. The van der Waals surface area contributed by atoms with Crippen LogP contribution in [0.5, 0.6) is 0 Å². The second kappa shape index (κ2) is 6.76. The summed E-state index contributed by atoms with van der Waals surface area (Å²) in [6.45, 7) is 2.26. The third-order valence-corrected chi connectivity index (χ3v) is 3.19. The van der Waals surface area contributed by atoms with E-state index in [9.17, 15) is 13.2 Å². The highest BCUT2D eigenvalue weighted by molar-refractivity contribution is 7.89. The van der Waals surface area contributed by atoms with Crippen LogP contribution < -0.4 is 10.5 Å². The maximum atomic E-state index is 11.3. The third-order valence-electron chi connectivity index (χ3n) is 1.77. The zero-order valence-corrected chi connectivity index (χ0v) is 9.84. The average Bonchev–Trinajstić information content (AvgIpc) is 2.22. The molecule has 15 heavy (non-hydrogen) atoms. The van der Waals surface area contributed by atoms with E-state index in [1.54, 1.807) is 0 Å². The SMILES string of the molecule is CCCNS(=O)(=O)CCC(N)C(=O)OC. The minimum absolute atomic E-state index is 0.0612. The minimum atomic E-state index is -3.32. The van der Waals surface area contributed by atoms with Gasteiger partial charge in [0.2, 0.25) is 10.0 Å². The van der Waals surface area contributed by atoms with Gasteiger partial charge in [-0.2, -0.15) is 0 Å². The molecule has 0 radical (unpaired) electrons. The highest BCUT2D eigenvalue weighted by Crippen LogP contribution is 1.96. The second-order valence-electron chi connectivity index (χ2n) is 3.13. The number of esters is 1. The van der Waals surface area contributed by atoms with E-state index in [0.29, 0.717) is 6.54 Å². The van der Waals surface area contributed by atoms with Crippen LogP contribution in [0.4, 0.5) is 0 Å².